The molecule has 1 aliphatic rings. The Kier molecular flexibility index (Phi) is 4.94. The number of thiol groups is 1. The van der Waals surface area contributed by atoms with E-state index in [1.54, 1.807) is 0 Å². The summed E-state index contributed by atoms with van der Waals surface area (Å²) in [6.45, 7) is 7.65. The van der Waals surface area contributed by atoms with Crippen molar-refractivity contribution in [2.24, 2.45) is 0 Å². The lowest BCUT2D eigenvalue weighted by molar-refractivity contribution is 0.00578. The highest BCUT2D eigenvalue weighted by Gasteiger charge is 2.52. The maximum atomic E-state index is 14.1. The van der Waals surface area contributed by atoms with Gasteiger partial charge in [0.05, 0.1) is 16.8 Å². The molecular weight excluding hydrogens is 318 g/mol. The lowest BCUT2D eigenvalue weighted by Gasteiger charge is -2.32. The number of rotatable bonds is 4. The monoisotopic (exact) mass is 338 g/mol. The van der Waals surface area contributed by atoms with Crippen LogP contribution in [-0.4, -0.2) is 35.1 Å². The zero-order valence-corrected chi connectivity index (χ0v) is 14.5. The van der Waals surface area contributed by atoms with E-state index in [-0.39, 0.29) is 16.9 Å². The Hall–Kier alpha value is -1.31. The summed E-state index contributed by atoms with van der Waals surface area (Å²) in [7, 11) is -0.696. The quantitative estimate of drug-likeness (QED) is 0.652. The Morgan fingerprint density at radius 1 is 1.30 bits per heavy atom. The fraction of sp³-hybridized carbons (Fsp3) is 0.438. The minimum absolute atomic E-state index is 0.00115. The summed E-state index contributed by atoms with van der Waals surface area (Å²) in [5.41, 5.74) is -0.617. The highest BCUT2D eigenvalue weighted by molar-refractivity contribution is 7.80. The SMILES string of the molecule is CC1(C)OB(C(=Cc2c(F)cccc2C(=O)O)CS)OC1(C)C. The third kappa shape index (κ3) is 3.46. The summed E-state index contributed by atoms with van der Waals surface area (Å²) < 4.78 is 25.9. The highest BCUT2D eigenvalue weighted by atomic mass is 32.1. The van der Waals surface area contributed by atoms with Crippen LogP contribution in [0.15, 0.2) is 23.7 Å². The number of hydrogen-bond donors (Lipinski definition) is 2. The molecule has 0 unspecified atom stereocenters. The first-order chi connectivity index (χ1) is 10.6. The number of carboxylic acids is 1. The molecule has 1 saturated heterocycles. The summed E-state index contributed by atoms with van der Waals surface area (Å²) in [6.07, 6.45) is 1.45. The molecule has 0 radical (unpaired) electrons. The van der Waals surface area contributed by atoms with Gasteiger partial charge in [0, 0.05) is 11.3 Å². The smallest absolute Gasteiger partial charge is 0.478 e. The third-order valence-corrected chi connectivity index (χ3v) is 4.72. The lowest BCUT2D eigenvalue weighted by atomic mass is 9.78. The first kappa shape index (κ1) is 18.0. The van der Waals surface area contributed by atoms with Crippen LogP contribution in [0.4, 0.5) is 4.39 Å². The van der Waals surface area contributed by atoms with E-state index in [2.05, 4.69) is 12.6 Å². The molecule has 1 aliphatic heterocycles. The fourth-order valence-electron chi connectivity index (χ4n) is 2.24. The van der Waals surface area contributed by atoms with Crippen LogP contribution in [0.1, 0.15) is 43.6 Å². The van der Waals surface area contributed by atoms with E-state index in [4.69, 9.17) is 9.31 Å². The molecule has 0 bridgehead atoms. The van der Waals surface area contributed by atoms with Gasteiger partial charge in [0.2, 0.25) is 0 Å². The van der Waals surface area contributed by atoms with E-state index in [0.717, 1.165) is 0 Å². The summed E-state index contributed by atoms with van der Waals surface area (Å²) in [4.78, 5) is 11.3. The van der Waals surface area contributed by atoms with Gasteiger partial charge in [-0.15, -0.1) is 0 Å². The normalized spacial score (nSPS) is 19.9. The molecule has 0 aromatic heterocycles. The first-order valence-electron chi connectivity index (χ1n) is 7.28. The van der Waals surface area contributed by atoms with Gasteiger partial charge in [0.15, 0.2) is 0 Å². The molecule has 0 atom stereocenters. The number of carbonyl (C=O) groups is 1. The van der Waals surface area contributed by atoms with Gasteiger partial charge in [-0.05, 0) is 45.3 Å². The van der Waals surface area contributed by atoms with Crippen LogP contribution < -0.4 is 0 Å². The minimum Gasteiger partial charge on any atom is -0.478 e. The highest BCUT2D eigenvalue weighted by Crippen LogP contribution is 2.39. The Balaban J connectivity index is 2.44. The van der Waals surface area contributed by atoms with Crippen molar-refractivity contribution in [1.29, 1.82) is 0 Å². The van der Waals surface area contributed by atoms with Gasteiger partial charge in [-0.2, -0.15) is 12.6 Å². The van der Waals surface area contributed by atoms with E-state index in [1.807, 2.05) is 27.7 Å². The molecule has 2 rings (SSSR count). The lowest BCUT2D eigenvalue weighted by Crippen LogP contribution is -2.41. The Labute approximate surface area is 141 Å². The molecule has 124 valence electrons. The first-order valence-corrected chi connectivity index (χ1v) is 7.91. The molecule has 0 spiro atoms. The standard InChI is InChI=1S/C16H20BFO4S/c1-15(2)16(3,4)22-17(21-15)10(9-23)8-12-11(14(19)20)6-5-7-13(12)18/h5-8,23H,9H2,1-4H3,(H,19,20). The van der Waals surface area contributed by atoms with Crippen molar-refractivity contribution in [2.45, 2.75) is 38.9 Å². The van der Waals surface area contributed by atoms with Crippen LogP contribution in [0.5, 0.6) is 0 Å². The Morgan fingerprint density at radius 2 is 1.87 bits per heavy atom. The van der Waals surface area contributed by atoms with Gasteiger partial charge < -0.3 is 14.4 Å². The van der Waals surface area contributed by atoms with Gasteiger partial charge in [-0.1, -0.05) is 12.1 Å². The molecule has 1 N–H and O–H groups in total. The van der Waals surface area contributed by atoms with Crippen LogP contribution in [0, 0.1) is 5.82 Å². The van der Waals surface area contributed by atoms with Gasteiger partial charge in [-0.25, -0.2) is 9.18 Å². The maximum absolute atomic E-state index is 14.1. The summed E-state index contributed by atoms with van der Waals surface area (Å²) in [6, 6.07) is 3.95. The van der Waals surface area contributed by atoms with Crippen LogP contribution in [0.3, 0.4) is 0 Å². The zero-order valence-electron chi connectivity index (χ0n) is 13.6. The Morgan fingerprint density at radius 3 is 2.35 bits per heavy atom. The predicted molar refractivity (Wildman–Crippen MR) is 91.3 cm³/mol. The van der Waals surface area contributed by atoms with Gasteiger partial charge >= 0.3 is 13.1 Å². The second-order valence-corrected chi connectivity index (χ2v) is 6.79. The van der Waals surface area contributed by atoms with E-state index >= 15 is 0 Å². The summed E-state index contributed by atoms with van der Waals surface area (Å²) in [5, 5.41) is 9.23. The van der Waals surface area contributed by atoms with E-state index in [0.29, 0.717) is 5.47 Å². The average Bonchev–Trinajstić information content (AvgIpc) is 2.65. The molecule has 23 heavy (non-hydrogen) atoms. The van der Waals surface area contributed by atoms with Gasteiger partial charge in [-0.3, -0.25) is 0 Å². The van der Waals surface area contributed by atoms with Crippen molar-refractivity contribution in [2.75, 3.05) is 5.75 Å². The molecule has 1 aromatic rings. The van der Waals surface area contributed by atoms with E-state index < -0.39 is 30.1 Å². The molecule has 7 heteroatoms. The molecule has 1 fully saturated rings. The molecule has 0 aliphatic carbocycles. The number of aromatic carboxylic acids is 1. The van der Waals surface area contributed by atoms with Crippen molar-refractivity contribution in [1.82, 2.24) is 0 Å². The van der Waals surface area contributed by atoms with Crippen molar-refractivity contribution in [3.8, 4) is 0 Å². The average molecular weight is 338 g/mol. The predicted octanol–water partition coefficient (Wildman–Crippen LogP) is 3.47. The second-order valence-electron chi connectivity index (χ2n) is 6.47. The summed E-state index contributed by atoms with van der Waals surface area (Å²) in [5.74, 6) is -1.55. The van der Waals surface area contributed by atoms with Gasteiger partial charge in [0.1, 0.15) is 5.82 Å². The van der Waals surface area contributed by atoms with Crippen LogP contribution in [0.2, 0.25) is 0 Å². The molecule has 0 saturated carbocycles. The molecule has 1 heterocycles. The molecule has 0 amide bonds. The van der Waals surface area contributed by atoms with Crippen molar-refractivity contribution in [3.05, 3.63) is 40.6 Å². The van der Waals surface area contributed by atoms with Gasteiger partial charge in [0.25, 0.3) is 0 Å². The van der Waals surface area contributed by atoms with Crippen LogP contribution >= 0.6 is 12.6 Å². The van der Waals surface area contributed by atoms with Crippen molar-refractivity contribution in [3.63, 3.8) is 0 Å². The Bertz CT molecular complexity index is 641. The molecular formula is C16H20BFO4S. The fourth-order valence-corrected chi connectivity index (χ4v) is 2.48. The zero-order chi connectivity index (χ0) is 17.4. The number of carboxylic acid groups (broad SMARTS) is 1. The van der Waals surface area contributed by atoms with Crippen molar-refractivity contribution < 1.29 is 23.6 Å². The van der Waals surface area contributed by atoms with Crippen LogP contribution in [-0.2, 0) is 9.31 Å². The number of halogens is 1. The maximum Gasteiger partial charge on any atom is 0.491 e. The van der Waals surface area contributed by atoms with E-state index in [9.17, 15) is 14.3 Å². The van der Waals surface area contributed by atoms with Crippen molar-refractivity contribution >= 4 is 31.8 Å². The summed E-state index contributed by atoms with van der Waals surface area (Å²) >= 11 is 4.26. The minimum atomic E-state index is -1.19. The van der Waals surface area contributed by atoms with Crippen LogP contribution in [0.25, 0.3) is 6.08 Å². The second kappa shape index (κ2) is 6.30. The third-order valence-electron chi connectivity index (χ3n) is 4.35. The molecule has 4 nitrogen and oxygen atoms in total. The van der Waals surface area contributed by atoms with E-state index in [1.165, 1.54) is 24.3 Å². The molecule has 1 aromatic carbocycles. The largest absolute Gasteiger partial charge is 0.491 e. The number of benzene rings is 1. The number of hydrogen-bond acceptors (Lipinski definition) is 4. The topological polar surface area (TPSA) is 55.8 Å².